The second-order valence-corrected chi connectivity index (χ2v) is 5.48. The number of ether oxygens (including phenoxy) is 2. The van der Waals surface area contributed by atoms with Gasteiger partial charge in [-0.1, -0.05) is 12.1 Å². The van der Waals surface area contributed by atoms with Crippen LogP contribution in [-0.4, -0.2) is 19.2 Å². The quantitative estimate of drug-likeness (QED) is 0.664. The first kappa shape index (κ1) is 14.9. The van der Waals surface area contributed by atoms with E-state index in [-0.39, 0.29) is 5.97 Å². The Hall–Kier alpha value is -1.55. The minimum atomic E-state index is -0.101. The number of anilines is 1. The summed E-state index contributed by atoms with van der Waals surface area (Å²) in [5.41, 5.74) is 7.58. The summed E-state index contributed by atoms with van der Waals surface area (Å²) in [5.74, 6) is 0.357. The molecule has 2 N–H and O–H groups in total. The largest absolute Gasteiger partial charge is 0.469 e. The van der Waals surface area contributed by atoms with E-state index in [9.17, 15) is 4.79 Å². The highest BCUT2D eigenvalue weighted by molar-refractivity contribution is 5.69. The molecule has 0 atom stereocenters. The third-order valence-corrected chi connectivity index (χ3v) is 3.94. The van der Waals surface area contributed by atoms with Crippen LogP contribution in [0.15, 0.2) is 24.3 Å². The van der Waals surface area contributed by atoms with E-state index < -0.39 is 0 Å². The van der Waals surface area contributed by atoms with Gasteiger partial charge in [0.05, 0.1) is 19.8 Å². The van der Waals surface area contributed by atoms with Gasteiger partial charge in [-0.3, -0.25) is 4.79 Å². The van der Waals surface area contributed by atoms with Crippen LogP contribution in [0.4, 0.5) is 5.69 Å². The molecule has 1 aliphatic rings. The van der Waals surface area contributed by atoms with Crippen molar-refractivity contribution in [1.29, 1.82) is 0 Å². The van der Waals surface area contributed by atoms with E-state index in [0.717, 1.165) is 36.9 Å². The second kappa shape index (κ2) is 7.29. The molecule has 0 bridgehead atoms. The van der Waals surface area contributed by atoms with Gasteiger partial charge < -0.3 is 15.2 Å². The molecular weight excluding hydrogens is 254 g/mol. The Balaban J connectivity index is 1.69. The molecule has 4 heteroatoms. The fourth-order valence-electron chi connectivity index (χ4n) is 2.65. The summed E-state index contributed by atoms with van der Waals surface area (Å²) in [5, 5.41) is 0. The number of methoxy groups -OCH3 is 1. The zero-order chi connectivity index (χ0) is 14.4. The number of nitrogens with two attached hydrogens (primary N) is 1. The van der Waals surface area contributed by atoms with E-state index in [4.69, 9.17) is 15.2 Å². The summed E-state index contributed by atoms with van der Waals surface area (Å²) in [6.45, 7) is 0.632. The lowest BCUT2D eigenvalue weighted by Gasteiger charge is -2.28. The van der Waals surface area contributed by atoms with Gasteiger partial charge in [0.2, 0.25) is 0 Å². The predicted octanol–water partition coefficient (Wildman–Crippen LogP) is 2.91. The van der Waals surface area contributed by atoms with Crippen molar-refractivity contribution >= 4 is 11.7 Å². The summed E-state index contributed by atoms with van der Waals surface area (Å²) in [4.78, 5) is 11.2. The number of nitrogen functional groups attached to an aromatic ring is 1. The molecular formula is C16H23NO3. The normalized spacial score (nSPS) is 22.4. The molecule has 1 fully saturated rings. The maximum Gasteiger partial charge on any atom is 0.305 e. The van der Waals surface area contributed by atoms with Crippen molar-refractivity contribution in [1.82, 2.24) is 0 Å². The van der Waals surface area contributed by atoms with Crippen LogP contribution in [0.1, 0.15) is 37.7 Å². The van der Waals surface area contributed by atoms with Crippen LogP contribution >= 0.6 is 0 Å². The molecule has 20 heavy (non-hydrogen) atoms. The minimum Gasteiger partial charge on any atom is -0.469 e. The molecule has 1 aromatic carbocycles. The molecule has 1 aromatic rings. The predicted molar refractivity (Wildman–Crippen MR) is 78.0 cm³/mol. The molecule has 0 radical (unpaired) electrons. The Morgan fingerprint density at radius 2 is 1.85 bits per heavy atom. The Bertz CT molecular complexity index is 422. The summed E-state index contributed by atoms with van der Waals surface area (Å²) >= 11 is 0. The zero-order valence-electron chi connectivity index (χ0n) is 12.0. The van der Waals surface area contributed by atoms with Gasteiger partial charge in [0.1, 0.15) is 0 Å². The maximum absolute atomic E-state index is 11.2. The van der Waals surface area contributed by atoms with Crippen molar-refractivity contribution in [3.05, 3.63) is 29.8 Å². The summed E-state index contributed by atoms with van der Waals surface area (Å²) in [7, 11) is 1.45. The molecule has 0 aliphatic heterocycles. The number of hydrogen-bond donors (Lipinski definition) is 1. The van der Waals surface area contributed by atoms with Crippen LogP contribution in [0.25, 0.3) is 0 Å². The van der Waals surface area contributed by atoms with Crippen LogP contribution in [0.2, 0.25) is 0 Å². The van der Waals surface area contributed by atoms with Gasteiger partial charge in [0.15, 0.2) is 0 Å². The lowest BCUT2D eigenvalue weighted by molar-refractivity contribution is -0.142. The van der Waals surface area contributed by atoms with E-state index in [0.29, 0.717) is 25.0 Å². The molecule has 1 aliphatic carbocycles. The molecule has 0 heterocycles. The molecule has 1 saturated carbocycles. The second-order valence-electron chi connectivity index (χ2n) is 5.48. The highest BCUT2D eigenvalue weighted by Gasteiger charge is 2.23. The number of rotatable bonds is 5. The Labute approximate surface area is 120 Å². The van der Waals surface area contributed by atoms with Gasteiger partial charge in [-0.15, -0.1) is 0 Å². The Kier molecular flexibility index (Phi) is 5.41. The topological polar surface area (TPSA) is 61.5 Å². The van der Waals surface area contributed by atoms with Gasteiger partial charge in [-0.2, -0.15) is 0 Å². The van der Waals surface area contributed by atoms with E-state index in [1.807, 2.05) is 24.3 Å². The van der Waals surface area contributed by atoms with Gasteiger partial charge in [0, 0.05) is 12.1 Å². The van der Waals surface area contributed by atoms with E-state index in [1.165, 1.54) is 7.11 Å². The minimum absolute atomic E-state index is 0.101. The molecule has 0 amide bonds. The van der Waals surface area contributed by atoms with Crippen LogP contribution in [0, 0.1) is 5.92 Å². The monoisotopic (exact) mass is 277 g/mol. The first-order valence-corrected chi connectivity index (χ1v) is 7.20. The number of hydrogen-bond acceptors (Lipinski definition) is 4. The fraction of sp³-hybridized carbons (Fsp3) is 0.562. The summed E-state index contributed by atoms with van der Waals surface area (Å²) in [6, 6.07) is 7.79. The first-order chi connectivity index (χ1) is 9.67. The summed E-state index contributed by atoms with van der Waals surface area (Å²) < 4.78 is 10.6. The number of esters is 1. The molecule has 2 rings (SSSR count). The SMILES string of the molecule is COC(=O)CC1CCC(OCc2ccc(N)cc2)CC1. The Morgan fingerprint density at radius 1 is 1.20 bits per heavy atom. The smallest absolute Gasteiger partial charge is 0.305 e. The first-order valence-electron chi connectivity index (χ1n) is 7.20. The van der Waals surface area contributed by atoms with E-state index in [2.05, 4.69) is 0 Å². The lowest BCUT2D eigenvalue weighted by atomic mass is 9.85. The van der Waals surface area contributed by atoms with Crippen LogP contribution < -0.4 is 5.73 Å². The van der Waals surface area contributed by atoms with E-state index in [1.54, 1.807) is 0 Å². The van der Waals surface area contributed by atoms with Crippen molar-refractivity contribution < 1.29 is 14.3 Å². The van der Waals surface area contributed by atoms with Crippen molar-refractivity contribution in [2.24, 2.45) is 5.92 Å². The third-order valence-electron chi connectivity index (χ3n) is 3.94. The lowest BCUT2D eigenvalue weighted by Crippen LogP contribution is -2.23. The van der Waals surface area contributed by atoms with Gasteiger partial charge >= 0.3 is 5.97 Å². The van der Waals surface area contributed by atoms with Crippen molar-refractivity contribution in [3.63, 3.8) is 0 Å². The number of carbonyl (C=O) groups excluding carboxylic acids is 1. The molecule has 0 spiro atoms. The fourth-order valence-corrected chi connectivity index (χ4v) is 2.65. The standard InChI is InChI=1S/C16H23NO3/c1-19-16(18)10-12-4-8-15(9-5-12)20-11-13-2-6-14(17)7-3-13/h2-3,6-7,12,15H,4-5,8-11,17H2,1H3. The molecule has 4 nitrogen and oxygen atoms in total. The van der Waals surface area contributed by atoms with Crippen LogP contribution in [0.5, 0.6) is 0 Å². The van der Waals surface area contributed by atoms with Crippen LogP contribution in [0.3, 0.4) is 0 Å². The molecule has 0 saturated heterocycles. The third kappa shape index (κ3) is 4.53. The van der Waals surface area contributed by atoms with Gasteiger partial charge in [-0.25, -0.2) is 0 Å². The van der Waals surface area contributed by atoms with Crippen molar-refractivity contribution in [3.8, 4) is 0 Å². The van der Waals surface area contributed by atoms with Gasteiger partial charge in [-0.05, 0) is 49.3 Å². The highest BCUT2D eigenvalue weighted by Crippen LogP contribution is 2.29. The number of benzene rings is 1. The van der Waals surface area contributed by atoms with Crippen molar-refractivity contribution in [2.45, 2.75) is 44.8 Å². The Morgan fingerprint density at radius 3 is 2.45 bits per heavy atom. The summed E-state index contributed by atoms with van der Waals surface area (Å²) in [6.07, 6.45) is 4.98. The molecule has 0 unspecified atom stereocenters. The van der Waals surface area contributed by atoms with Crippen LogP contribution in [-0.2, 0) is 20.9 Å². The highest BCUT2D eigenvalue weighted by atomic mass is 16.5. The average molecular weight is 277 g/mol. The number of carbonyl (C=O) groups is 1. The van der Waals surface area contributed by atoms with E-state index >= 15 is 0 Å². The molecule has 110 valence electrons. The van der Waals surface area contributed by atoms with Gasteiger partial charge in [0.25, 0.3) is 0 Å². The van der Waals surface area contributed by atoms with Crippen molar-refractivity contribution in [2.75, 3.05) is 12.8 Å². The zero-order valence-corrected chi connectivity index (χ0v) is 12.0. The maximum atomic E-state index is 11.2. The average Bonchev–Trinajstić information content (AvgIpc) is 2.48. The molecule has 0 aromatic heterocycles.